The number of nitrogens with zero attached hydrogens (tertiary/aromatic N) is 1. The SMILES string of the molecule is CCC=C1CC(=O)N(c2c(C)cccc2C)C1=O. The first-order valence-corrected chi connectivity index (χ1v) is 6.18. The molecule has 0 unspecified atom stereocenters. The molecule has 0 spiro atoms. The Morgan fingerprint density at radius 1 is 1.22 bits per heavy atom. The van der Waals surface area contributed by atoms with E-state index in [4.69, 9.17) is 0 Å². The van der Waals surface area contributed by atoms with Crippen molar-refractivity contribution >= 4 is 17.5 Å². The van der Waals surface area contributed by atoms with E-state index in [1.807, 2.05) is 45.0 Å². The average Bonchev–Trinajstić information content (AvgIpc) is 2.57. The highest BCUT2D eigenvalue weighted by Crippen LogP contribution is 2.31. The van der Waals surface area contributed by atoms with Gasteiger partial charge >= 0.3 is 0 Å². The molecule has 1 saturated heterocycles. The Morgan fingerprint density at radius 2 is 1.83 bits per heavy atom. The maximum Gasteiger partial charge on any atom is 0.261 e. The summed E-state index contributed by atoms with van der Waals surface area (Å²) in [7, 11) is 0. The van der Waals surface area contributed by atoms with Crippen LogP contribution in [0, 0.1) is 13.8 Å². The number of rotatable bonds is 2. The van der Waals surface area contributed by atoms with Gasteiger partial charge in [0.25, 0.3) is 5.91 Å². The van der Waals surface area contributed by atoms with Crippen molar-refractivity contribution in [2.45, 2.75) is 33.6 Å². The number of para-hydroxylation sites is 1. The summed E-state index contributed by atoms with van der Waals surface area (Å²) in [5.41, 5.74) is 3.26. The van der Waals surface area contributed by atoms with E-state index in [1.165, 1.54) is 4.90 Å². The van der Waals surface area contributed by atoms with E-state index in [1.54, 1.807) is 0 Å². The lowest BCUT2D eigenvalue weighted by Crippen LogP contribution is -2.30. The van der Waals surface area contributed by atoms with Crippen LogP contribution in [0.25, 0.3) is 0 Å². The van der Waals surface area contributed by atoms with Crippen molar-refractivity contribution in [1.82, 2.24) is 0 Å². The molecule has 0 bridgehead atoms. The van der Waals surface area contributed by atoms with Gasteiger partial charge in [0.1, 0.15) is 0 Å². The van der Waals surface area contributed by atoms with Gasteiger partial charge in [-0.2, -0.15) is 0 Å². The first kappa shape index (κ1) is 12.6. The minimum Gasteiger partial charge on any atom is -0.274 e. The van der Waals surface area contributed by atoms with Crippen LogP contribution in [0.2, 0.25) is 0 Å². The van der Waals surface area contributed by atoms with Crippen LogP contribution < -0.4 is 4.90 Å². The molecule has 2 rings (SSSR count). The van der Waals surface area contributed by atoms with Crippen LogP contribution in [0.4, 0.5) is 5.69 Å². The number of anilines is 1. The number of amides is 2. The topological polar surface area (TPSA) is 37.4 Å². The summed E-state index contributed by atoms with van der Waals surface area (Å²) in [6.45, 7) is 5.81. The van der Waals surface area contributed by atoms with E-state index < -0.39 is 0 Å². The van der Waals surface area contributed by atoms with Crippen LogP contribution in [0.1, 0.15) is 30.9 Å². The van der Waals surface area contributed by atoms with Crippen LogP contribution in [0.3, 0.4) is 0 Å². The van der Waals surface area contributed by atoms with E-state index in [9.17, 15) is 9.59 Å². The molecule has 1 fully saturated rings. The van der Waals surface area contributed by atoms with Crippen molar-refractivity contribution in [3.63, 3.8) is 0 Å². The number of benzene rings is 1. The Kier molecular flexibility index (Phi) is 3.32. The highest BCUT2D eigenvalue weighted by molar-refractivity contribution is 6.28. The highest BCUT2D eigenvalue weighted by atomic mass is 16.2. The summed E-state index contributed by atoms with van der Waals surface area (Å²) in [4.78, 5) is 25.6. The number of allylic oxidation sites excluding steroid dienone is 1. The molecule has 0 radical (unpaired) electrons. The van der Waals surface area contributed by atoms with E-state index in [0.29, 0.717) is 5.57 Å². The molecular weight excluding hydrogens is 226 g/mol. The summed E-state index contributed by atoms with van der Waals surface area (Å²) in [6.07, 6.45) is 2.84. The summed E-state index contributed by atoms with van der Waals surface area (Å²) < 4.78 is 0. The quantitative estimate of drug-likeness (QED) is 0.591. The number of aryl methyl sites for hydroxylation is 2. The molecule has 1 aromatic carbocycles. The second-order valence-electron chi connectivity index (χ2n) is 4.59. The number of carbonyl (C=O) groups is 2. The summed E-state index contributed by atoms with van der Waals surface area (Å²) >= 11 is 0. The maximum absolute atomic E-state index is 12.2. The third-order valence-electron chi connectivity index (χ3n) is 3.18. The van der Waals surface area contributed by atoms with Gasteiger partial charge in [-0.1, -0.05) is 31.2 Å². The Balaban J connectivity index is 2.49. The maximum atomic E-state index is 12.2. The van der Waals surface area contributed by atoms with Crippen LogP contribution in [-0.4, -0.2) is 11.8 Å². The number of hydrogen-bond donors (Lipinski definition) is 0. The Hall–Kier alpha value is -1.90. The van der Waals surface area contributed by atoms with Crippen molar-refractivity contribution in [2.24, 2.45) is 0 Å². The van der Waals surface area contributed by atoms with Crippen molar-refractivity contribution in [3.8, 4) is 0 Å². The second-order valence-corrected chi connectivity index (χ2v) is 4.59. The minimum atomic E-state index is -0.167. The summed E-state index contributed by atoms with van der Waals surface area (Å²) in [5.74, 6) is -0.295. The monoisotopic (exact) mass is 243 g/mol. The second kappa shape index (κ2) is 4.77. The zero-order chi connectivity index (χ0) is 13.3. The van der Waals surface area contributed by atoms with Crippen LogP contribution >= 0.6 is 0 Å². The fraction of sp³-hybridized carbons (Fsp3) is 0.333. The standard InChI is InChI=1S/C15H17NO2/c1-4-6-12-9-13(17)16(15(12)18)14-10(2)7-5-8-11(14)3/h5-8H,4,9H2,1-3H3. The fourth-order valence-corrected chi connectivity index (χ4v) is 2.36. The zero-order valence-corrected chi connectivity index (χ0v) is 11.0. The van der Waals surface area contributed by atoms with Crippen molar-refractivity contribution in [3.05, 3.63) is 41.0 Å². The average molecular weight is 243 g/mol. The predicted molar refractivity (Wildman–Crippen MR) is 71.4 cm³/mol. The lowest BCUT2D eigenvalue weighted by molar-refractivity contribution is -0.120. The normalized spacial score (nSPS) is 17.9. The van der Waals surface area contributed by atoms with Crippen molar-refractivity contribution < 1.29 is 9.59 Å². The molecule has 0 aliphatic carbocycles. The van der Waals surface area contributed by atoms with Crippen LogP contribution in [-0.2, 0) is 9.59 Å². The van der Waals surface area contributed by atoms with E-state index >= 15 is 0 Å². The molecule has 0 atom stereocenters. The molecule has 1 heterocycles. The largest absolute Gasteiger partial charge is 0.274 e. The van der Waals surface area contributed by atoms with Gasteiger partial charge in [0.15, 0.2) is 0 Å². The van der Waals surface area contributed by atoms with Crippen molar-refractivity contribution in [2.75, 3.05) is 4.90 Å². The molecule has 1 aromatic rings. The molecule has 0 N–H and O–H groups in total. The Bertz CT molecular complexity index is 523. The molecule has 3 heteroatoms. The molecule has 1 aliphatic heterocycles. The zero-order valence-electron chi connectivity index (χ0n) is 11.0. The van der Waals surface area contributed by atoms with E-state index in [-0.39, 0.29) is 18.2 Å². The van der Waals surface area contributed by atoms with Gasteiger partial charge in [-0.3, -0.25) is 9.59 Å². The van der Waals surface area contributed by atoms with Gasteiger partial charge in [0, 0.05) is 5.57 Å². The summed E-state index contributed by atoms with van der Waals surface area (Å²) in [5, 5.41) is 0. The van der Waals surface area contributed by atoms with E-state index in [2.05, 4.69) is 0 Å². The van der Waals surface area contributed by atoms with Crippen LogP contribution in [0.15, 0.2) is 29.8 Å². The molecule has 1 aliphatic rings. The van der Waals surface area contributed by atoms with Crippen LogP contribution in [0.5, 0.6) is 0 Å². The van der Waals surface area contributed by atoms with Gasteiger partial charge in [-0.25, -0.2) is 4.90 Å². The predicted octanol–water partition coefficient (Wildman–Crippen LogP) is 2.90. The lowest BCUT2D eigenvalue weighted by atomic mass is 10.1. The molecule has 94 valence electrons. The van der Waals surface area contributed by atoms with Crippen molar-refractivity contribution in [1.29, 1.82) is 0 Å². The number of imide groups is 1. The molecule has 2 amide bonds. The molecule has 0 aromatic heterocycles. The first-order chi connectivity index (χ1) is 8.56. The van der Waals surface area contributed by atoms with Gasteiger partial charge < -0.3 is 0 Å². The molecule has 18 heavy (non-hydrogen) atoms. The number of carbonyl (C=O) groups excluding carboxylic acids is 2. The van der Waals surface area contributed by atoms with Gasteiger partial charge in [0.2, 0.25) is 5.91 Å². The Morgan fingerprint density at radius 3 is 2.39 bits per heavy atom. The molecule has 0 saturated carbocycles. The van der Waals surface area contributed by atoms with Gasteiger partial charge in [0.05, 0.1) is 12.1 Å². The number of hydrogen-bond acceptors (Lipinski definition) is 2. The third kappa shape index (κ3) is 1.96. The third-order valence-corrected chi connectivity index (χ3v) is 3.18. The van der Waals surface area contributed by atoms with E-state index in [0.717, 1.165) is 23.2 Å². The highest BCUT2D eigenvalue weighted by Gasteiger charge is 2.35. The fourth-order valence-electron chi connectivity index (χ4n) is 2.36. The van der Waals surface area contributed by atoms with Gasteiger partial charge in [-0.15, -0.1) is 0 Å². The summed E-state index contributed by atoms with van der Waals surface area (Å²) in [6, 6.07) is 5.77. The lowest BCUT2D eigenvalue weighted by Gasteiger charge is -2.18. The Labute approximate surface area is 107 Å². The smallest absolute Gasteiger partial charge is 0.261 e. The van der Waals surface area contributed by atoms with Gasteiger partial charge in [-0.05, 0) is 31.4 Å². The first-order valence-electron chi connectivity index (χ1n) is 6.18. The molecule has 3 nitrogen and oxygen atoms in total. The minimum absolute atomic E-state index is 0.128. The molecular formula is C15H17NO2.